The Bertz CT molecular complexity index is 524. The lowest BCUT2D eigenvalue weighted by molar-refractivity contribution is -0.165. The van der Waals surface area contributed by atoms with Crippen LogP contribution in [0.5, 0.6) is 5.75 Å². The summed E-state index contributed by atoms with van der Waals surface area (Å²) in [6.07, 6.45) is -0.943. The minimum absolute atomic E-state index is 0.108. The van der Waals surface area contributed by atoms with Crippen molar-refractivity contribution in [2.75, 3.05) is 12.5 Å². The molecule has 7 heteroatoms. The number of halogens is 4. The molecule has 23 heavy (non-hydrogen) atoms. The summed E-state index contributed by atoms with van der Waals surface area (Å²) in [4.78, 5) is 10.8. The van der Waals surface area contributed by atoms with E-state index in [1.165, 1.54) is 24.3 Å². The second-order valence-electron chi connectivity index (χ2n) is 4.87. The van der Waals surface area contributed by atoms with E-state index in [9.17, 15) is 23.1 Å². The molecule has 0 spiro atoms. The lowest BCUT2D eigenvalue weighted by Crippen LogP contribution is -2.20. The minimum Gasteiger partial charge on any atom is -0.507 e. The van der Waals surface area contributed by atoms with Crippen LogP contribution in [0.25, 0.3) is 5.76 Å². The van der Waals surface area contributed by atoms with E-state index in [4.69, 9.17) is 16.3 Å². The zero-order valence-electron chi connectivity index (χ0n) is 12.4. The molecule has 0 aliphatic rings. The van der Waals surface area contributed by atoms with Crippen LogP contribution >= 0.6 is 11.6 Å². The molecule has 1 N–H and O–H groups in total. The van der Waals surface area contributed by atoms with E-state index >= 15 is 0 Å². The Kier molecular flexibility index (Phi) is 7.95. The van der Waals surface area contributed by atoms with Crippen LogP contribution in [0, 0.1) is 0 Å². The van der Waals surface area contributed by atoms with E-state index in [0.717, 1.165) is 25.7 Å². The second-order valence-corrected chi connectivity index (χ2v) is 5.25. The Labute approximate surface area is 137 Å². The first kappa shape index (κ1) is 19.4. The lowest BCUT2D eigenvalue weighted by Gasteiger charge is -2.07. The molecular weight excluding hydrogens is 333 g/mol. The highest BCUT2D eigenvalue weighted by Gasteiger charge is 2.36. The molecule has 1 rings (SSSR count). The first-order valence-corrected chi connectivity index (χ1v) is 7.69. The van der Waals surface area contributed by atoms with Crippen LogP contribution < -0.4 is 4.74 Å². The Balaban J connectivity index is 2.50. The fourth-order valence-corrected chi connectivity index (χ4v) is 1.94. The molecule has 3 nitrogen and oxygen atoms in total. The number of hydrogen-bond acceptors (Lipinski definition) is 3. The summed E-state index contributed by atoms with van der Waals surface area (Å²) < 4.78 is 41.8. The maximum absolute atomic E-state index is 12.1. The summed E-state index contributed by atoms with van der Waals surface area (Å²) in [6, 6.07) is 5.82. The van der Waals surface area contributed by atoms with E-state index in [-0.39, 0.29) is 11.6 Å². The third kappa shape index (κ3) is 7.41. The van der Waals surface area contributed by atoms with Gasteiger partial charge in [-0.2, -0.15) is 13.2 Å². The average molecular weight is 351 g/mol. The van der Waals surface area contributed by atoms with Gasteiger partial charge in [0.05, 0.1) is 6.61 Å². The Morgan fingerprint density at radius 2 is 1.74 bits per heavy atom. The van der Waals surface area contributed by atoms with Crippen molar-refractivity contribution in [3.63, 3.8) is 0 Å². The van der Waals surface area contributed by atoms with Gasteiger partial charge < -0.3 is 9.84 Å². The molecule has 1 aromatic rings. The molecule has 0 amide bonds. The Morgan fingerprint density at radius 1 is 1.13 bits per heavy atom. The van der Waals surface area contributed by atoms with Gasteiger partial charge in [-0.05, 0) is 37.1 Å². The van der Waals surface area contributed by atoms with E-state index < -0.39 is 17.7 Å². The van der Waals surface area contributed by atoms with Crippen LogP contribution in [-0.2, 0) is 4.79 Å². The van der Waals surface area contributed by atoms with Crippen molar-refractivity contribution < 1.29 is 27.8 Å². The molecule has 0 aliphatic carbocycles. The monoisotopic (exact) mass is 350 g/mol. The molecule has 0 radical (unpaired) electrons. The summed E-state index contributed by atoms with van der Waals surface area (Å²) in [6.45, 7) is 0.524. The van der Waals surface area contributed by atoms with Gasteiger partial charge in [-0.15, -0.1) is 11.6 Å². The van der Waals surface area contributed by atoms with Gasteiger partial charge >= 0.3 is 6.18 Å². The molecule has 0 aromatic heterocycles. The second kappa shape index (κ2) is 9.45. The number of benzene rings is 1. The van der Waals surface area contributed by atoms with E-state index in [0.29, 0.717) is 18.2 Å². The number of carbonyl (C=O) groups is 1. The summed E-state index contributed by atoms with van der Waals surface area (Å²) in [5, 5.41) is 9.53. The smallest absolute Gasteiger partial charge is 0.454 e. The number of ketones is 1. The molecule has 0 saturated carbocycles. The van der Waals surface area contributed by atoms with Gasteiger partial charge in [0, 0.05) is 17.5 Å². The predicted octanol–water partition coefficient (Wildman–Crippen LogP) is 4.89. The topological polar surface area (TPSA) is 46.5 Å². The average Bonchev–Trinajstić information content (AvgIpc) is 2.50. The van der Waals surface area contributed by atoms with Crippen molar-refractivity contribution in [3.05, 3.63) is 35.9 Å². The quantitative estimate of drug-likeness (QED) is 0.298. The summed E-state index contributed by atoms with van der Waals surface area (Å²) in [5.74, 6) is -1.65. The van der Waals surface area contributed by atoms with Gasteiger partial charge in [0.2, 0.25) is 0 Å². The van der Waals surface area contributed by atoms with Crippen molar-refractivity contribution in [3.8, 4) is 5.75 Å². The predicted molar refractivity (Wildman–Crippen MR) is 82.8 cm³/mol. The molecule has 0 bridgehead atoms. The van der Waals surface area contributed by atoms with Gasteiger partial charge in [0.25, 0.3) is 5.78 Å². The summed E-state index contributed by atoms with van der Waals surface area (Å²) in [5.41, 5.74) is 0.108. The van der Waals surface area contributed by atoms with Crippen LogP contribution in [0.2, 0.25) is 0 Å². The number of rotatable bonds is 9. The van der Waals surface area contributed by atoms with Crippen molar-refractivity contribution in [1.82, 2.24) is 0 Å². The first-order chi connectivity index (χ1) is 10.8. The number of allylic oxidation sites excluding steroid dienone is 1. The maximum Gasteiger partial charge on any atom is 0.454 e. The Hall–Kier alpha value is -1.69. The number of ether oxygens (including phenoxy) is 1. The number of carbonyl (C=O) groups excluding carboxylic acids is 1. The minimum atomic E-state index is -5.00. The molecule has 0 unspecified atom stereocenters. The number of aliphatic hydroxyl groups is 1. The van der Waals surface area contributed by atoms with Crippen LogP contribution in [0.4, 0.5) is 13.2 Å². The summed E-state index contributed by atoms with van der Waals surface area (Å²) in [7, 11) is 0. The van der Waals surface area contributed by atoms with Gasteiger partial charge in [0.15, 0.2) is 0 Å². The van der Waals surface area contributed by atoms with Crippen molar-refractivity contribution in [1.29, 1.82) is 0 Å². The Morgan fingerprint density at radius 3 is 2.30 bits per heavy atom. The molecule has 0 aliphatic heterocycles. The van der Waals surface area contributed by atoms with E-state index in [2.05, 4.69) is 0 Å². The molecule has 0 heterocycles. The molecular formula is C16H18ClF3O3. The fourth-order valence-electron chi connectivity index (χ4n) is 1.75. The van der Waals surface area contributed by atoms with Crippen LogP contribution in [0.3, 0.4) is 0 Å². The zero-order valence-corrected chi connectivity index (χ0v) is 13.2. The van der Waals surface area contributed by atoms with E-state index in [1.54, 1.807) is 0 Å². The first-order valence-electron chi connectivity index (χ1n) is 7.15. The number of hydrogen-bond donors (Lipinski definition) is 1. The van der Waals surface area contributed by atoms with Crippen LogP contribution in [-0.4, -0.2) is 29.6 Å². The standard InChI is InChI=1S/C16H18ClF3O3/c17-9-3-1-2-4-10-23-13-7-5-12(6-8-13)14(21)11-15(22)16(18,19)20/h5-8,11,21H,1-4,9-10H2/b14-11-. The highest BCUT2D eigenvalue weighted by molar-refractivity contribution is 6.17. The third-order valence-electron chi connectivity index (χ3n) is 2.99. The van der Waals surface area contributed by atoms with Crippen molar-refractivity contribution in [2.45, 2.75) is 31.9 Å². The molecule has 0 atom stereocenters. The zero-order chi connectivity index (χ0) is 17.3. The maximum atomic E-state index is 12.1. The van der Waals surface area contributed by atoms with Gasteiger partial charge in [0.1, 0.15) is 11.5 Å². The summed E-state index contributed by atoms with van der Waals surface area (Å²) >= 11 is 5.57. The SMILES string of the molecule is O=C(/C=C(\O)c1ccc(OCCCCCCCl)cc1)C(F)(F)F. The number of aliphatic hydroxyl groups excluding tert-OH is 1. The van der Waals surface area contributed by atoms with E-state index in [1.807, 2.05) is 0 Å². The molecule has 0 saturated heterocycles. The highest BCUT2D eigenvalue weighted by atomic mass is 35.5. The fraction of sp³-hybridized carbons (Fsp3) is 0.438. The normalized spacial score (nSPS) is 12.3. The van der Waals surface area contributed by atoms with Gasteiger partial charge in [-0.1, -0.05) is 12.8 Å². The third-order valence-corrected chi connectivity index (χ3v) is 3.26. The van der Waals surface area contributed by atoms with Gasteiger partial charge in [-0.3, -0.25) is 4.79 Å². The van der Waals surface area contributed by atoms with Crippen molar-refractivity contribution in [2.24, 2.45) is 0 Å². The lowest BCUT2D eigenvalue weighted by atomic mass is 10.1. The molecule has 0 fully saturated rings. The van der Waals surface area contributed by atoms with Crippen LogP contribution in [0.15, 0.2) is 30.3 Å². The number of alkyl halides is 4. The van der Waals surface area contributed by atoms with Crippen LogP contribution in [0.1, 0.15) is 31.2 Å². The van der Waals surface area contributed by atoms with Crippen molar-refractivity contribution >= 4 is 23.1 Å². The molecule has 1 aromatic carbocycles. The largest absolute Gasteiger partial charge is 0.507 e. The highest BCUT2D eigenvalue weighted by Crippen LogP contribution is 2.21. The number of unbranched alkanes of at least 4 members (excludes halogenated alkanes) is 3. The van der Waals surface area contributed by atoms with Gasteiger partial charge in [-0.25, -0.2) is 0 Å². The molecule has 128 valence electrons.